The predicted octanol–water partition coefficient (Wildman–Crippen LogP) is 3.16. The number of anilines is 2. The maximum Gasteiger partial charge on any atom is 0.153 e. The van der Waals surface area contributed by atoms with Crippen LogP contribution in [0.25, 0.3) is 0 Å². The van der Waals surface area contributed by atoms with Crippen molar-refractivity contribution in [3.05, 3.63) is 28.7 Å². The highest BCUT2D eigenvalue weighted by atomic mass is 35.5. The lowest BCUT2D eigenvalue weighted by Crippen LogP contribution is -2.47. The molecule has 4 rings (SSSR count). The Morgan fingerprint density at radius 2 is 2.07 bits per heavy atom. The van der Waals surface area contributed by atoms with E-state index in [0.29, 0.717) is 21.8 Å². The van der Waals surface area contributed by atoms with Crippen LogP contribution in [0.1, 0.15) is 43.5 Å². The zero-order chi connectivity index (χ0) is 20.6. The second kappa shape index (κ2) is 8.26. The summed E-state index contributed by atoms with van der Waals surface area (Å²) in [5, 5.41) is 11.1. The van der Waals surface area contributed by atoms with E-state index in [1.165, 1.54) is 24.6 Å². The topological polar surface area (TPSA) is 114 Å². The van der Waals surface area contributed by atoms with Crippen molar-refractivity contribution in [1.29, 1.82) is 0 Å². The van der Waals surface area contributed by atoms with Gasteiger partial charge >= 0.3 is 0 Å². The Morgan fingerprint density at radius 3 is 2.72 bits per heavy atom. The number of aliphatic hydroxyl groups is 1. The molecule has 0 unspecified atom stereocenters. The molecular weight excluding hydrogens is 408 g/mol. The zero-order valence-electron chi connectivity index (χ0n) is 16.6. The summed E-state index contributed by atoms with van der Waals surface area (Å²) >= 11 is 7.65. The monoisotopic (exact) mass is 434 g/mol. The van der Waals surface area contributed by atoms with Gasteiger partial charge in [-0.2, -0.15) is 0 Å². The minimum atomic E-state index is -0.163. The SMILES string of the molecule is Cc1nc(N2CCC3(CCC[C@H]3N)CC2)c(CO)nc1Sc1ccnc(N)c1Cl. The Balaban J connectivity index is 1.56. The highest BCUT2D eigenvalue weighted by Crippen LogP contribution is 2.46. The van der Waals surface area contributed by atoms with Crippen LogP contribution in [0.5, 0.6) is 0 Å². The molecule has 7 nitrogen and oxygen atoms in total. The lowest BCUT2D eigenvalue weighted by Gasteiger charge is -2.42. The van der Waals surface area contributed by atoms with Crippen LogP contribution in [0.2, 0.25) is 5.02 Å². The molecule has 2 aromatic rings. The average Bonchev–Trinajstić information content (AvgIpc) is 3.07. The van der Waals surface area contributed by atoms with Crippen molar-refractivity contribution in [1.82, 2.24) is 15.0 Å². The molecule has 1 aliphatic carbocycles. The number of piperidine rings is 1. The first-order valence-corrected chi connectivity index (χ1v) is 11.2. The number of hydrogen-bond acceptors (Lipinski definition) is 8. The van der Waals surface area contributed by atoms with Crippen LogP contribution in [0.4, 0.5) is 11.6 Å². The summed E-state index contributed by atoms with van der Waals surface area (Å²) in [4.78, 5) is 16.5. The molecule has 1 saturated heterocycles. The van der Waals surface area contributed by atoms with Crippen LogP contribution < -0.4 is 16.4 Å². The summed E-state index contributed by atoms with van der Waals surface area (Å²) in [6.07, 6.45) is 7.35. The first-order chi connectivity index (χ1) is 13.9. The summed E-state index contributed by atoms with van der Waals surface area (Å²) in [7, 11) is 0. The lowest BCUT2D eigenvalue weighted by atomic mass is 9.74. The van der Waals surface area contributed by atoms with Gasteiger partial charge in [-0.3, -0.25) is 0 Å². The molecule has 1 aliphatic heterocycles. The van der Waals surface area contributed by atoms with Gasteiger partial charge in [0.05, 0.1) is 17.3 Å². The number of nitrogens with two attached hydrogens (primary N) is 2. The van der Waals surface area contributed by atoms with Crippen molar-refractivity contribution in [3.8, 4) is 0 Å². The van der Waals surface area contributed by atoms with Crippen molar-refractivity contribution >= 4 is 35.0 Å². The third-order valence-corrected chi connectivity index (χ3v) is 8.00. The summed E-state index contributed by atoms with van der Waals surface area (Å²) in [6.45, 7) is 3.56. The van der Waals surface area contributed by atoms with Crippen LogP contribution in [-0.2, 0) is 6.61 Å². The fourth-order valence-corrected chi connectivity index (χ4v) is 5.66. The number of hydrogen-bond donors (Lipinski definition) is 3. The Bertz CT molecular complexity index is 903. The maximum atomic E-state index is 9.96. The number of aliphatic hydroxyl groups excluding tert-OH is 1. The van der Waals surface area contributed by atoms with Gasteiger partial charge in [0.15, 0.2) is 5.82 Å². The van der Waals surface area contributed by atoms with Crippen LogP contribution in [0, 0.1) is 12.3 Å². The van der Waals surface area contributed by atoms with Gasteiger partial charge in [0, 0.05) is 30.2 Å². The molecule has 9 heteroatoms. The number of aryl methyl sites for hydroxylation is 1. The molecule has 29 heavy (non-hydrogen) atoms. The standard InChI is InChI=1S/C20H27ClN6OS/c1-12-19(29-14-4-8-24-17(23)16(14)21)26-13(11-28)18(25-12)27-9-6-20(7-10-27)5-2-3-15(20)22/h4,8,15,28H,2-3,5-7,9-11,22H2,1H3,(H2,23,24)/t15-/m1/s1. The van der Waals surface area contributed by atoms with E-state index in [-0.39, 0.29) is 17.8 Å². The highest BCUT2D eigenvalue weighted by molar-refractivity contribution is 7.99. The molecule has 5 N–H and O–H groups in total. The maximum absolute atomic E-state index is 9.96. The van der Waals surface area contributed by atoms with E-state index in [2.05, 4.69) is 9.88 Å². The van der Waals surface area contributed by atoms with Gasteiger partial charge in [0.25, 0.3) is 0 Å². The summed E-state index contributed by atoms with van der Waals surface area (Å²) in [6, 6.07) is 2.11. The number of rotatable bonds is 4. The van der Waals surface area contributed by atoms with E-state index in [1.807, 2.05) is 6.92 Å². The van der Waals surface area contributed by atoms with Crippen molar-refractivity contribution < 1.29 is 5.11 Å². The fraction of sp³-hybridized carbons (Fsp3) is 0.550. The zero-order valence-corrected chi connectivity index (χ0v) is 18.1. The molecule has 2 aromatic heterocycles. The normalized spacial score (nSPS) is 21.1. The van der Waals surface area contributed by atoms with Crippen molar-refractivity contribution in [2.75, 3.05) is 23.7 Å². The lowest BCUT2D eigenvalue weighted by molar-refractivity contribution is 0.196. The quantitative estimate of drug-likeness (QED) is 0.672. The molecule has 2 aliphatic rings. The largest absolute Gasteiger partial charge is 0.390 e. The summed E-state index contributed by atoms with van der Waals surface area (Å²) in [5.41, 5.74) is 13.9. The van der Waals surface area contributed by atoms with Crippen LogP contribution >= 0.6 is 23.4 Å². The van der Waals surface area contributed by atoms with E-state index < -0.39 is 0 Å². The van der Waals surface area contributed by atoms with E-state index in [0.717, 1.165) is 48.8 Å². The third-order valence-electron chi connectivity index (χ3n) is 6.35. The molecule has 0 amide bonds. The highest BCUT2D eigenvalue weighted by Gasteiger charge is 2.43. The van der Waals surface area contributed by atoms with Gasteiger partial charge in [0.2, 0.25) is 0 Å². The molecule has 156 valence electrons. The average molecular weight is 435 g/mol. The molecule has 0 aromatic carbocycles. The van der Waals surface area contributed by atoms with Gasteiger partial charge in [-0.05, 0) is 44.1 Å². The van der Waals surface area contributed by atoms with Gasteiger partial charge in [-0.25, -0.2) is 15.0 Å². The molecule has 0 radical (unpaired) electrons. The van der Waals surface area contributed by atoms with Gasteiger partial charge in [-0.1, -0.05) is 29.8 Å². The van der Waals surface area contributed by atoms with Crippen LogP contribution in [0.3, 0.4) is 0 Å². The molecule has 1 spiro atoms. The molecular formula is C20H27ClN6OS. The van der Waals surface area contributed by atoms with E-state index >= 15 is 0 Å². The van der Waals surface area contributed by atoms with E-state index in [1.54, 1.807) is 12.3 Å². The summed E-state index contributed by atoms with van der Waals surface area (Å²) in [5.74, 6) is 1.06. The first-order valence-electron chi connectivity index (χ1n) is 10.0. The minimum absolute atomic E-state index is 0.163. The second-order valence-corrected chi connectivity index (χ2v) is 9.41. The Hall–Kier alpha value is -1.61. The molecule has 2 fully saturated rings. The minimum Gasteiger partial charge on any atom is -0.390 e. The van der Waals surface area contributed by atoms with Crippen molar-refractivity contribution in [3.63, 3.8) is 0 Å². The van der Waals surface area contributed by atoms with Crippen LogP contribution in [-0.4, -0.2) is 39.2 Å². The van der Waals surface area contributed by atoms with Gasteiger partial charge in [0.1, 0.15) is 16.5 Å². The molecule has 0 bridgehead atoms. The summed E-state index contributed by atoms with van der Waals surface area (Å²) < 4.78 is 0. The number of halogens is 1. The van der Waals surface area contributed by atoms with E-state index in [4.69, 9.17) is 33.0 Å². The number of nitrogen functional groups attached to an aromatic ring is 1. The number of nitrogens with zero attached hydrogens (tertiary/aromatic N) is 4. The van der Waals surface area contributed by atoms with Crippen molar-refractivity contribution in [2.45, 2.75) is 61.6 Å². The molecule has 3 heterocycles. The number of aromatic nitrogens is 3. The Kier molecular flexibility index (Phi) is 5.88. The Morgan fingerprint density at radius 1 is 1.31 bits per heavy atom. The van der Waals surface area contributed by atoms with Gasteiger partial charge < -0.3 is 21.5 Å². The number of pyridine rings is 1. The molecule has 1 saturated carbocycles. The second-order valence-electron chi connectivity index (χ2n) is 8.00. The Labute approximate surface area is 180 Å². The third kappa shape index (κ3) is 3.91. The van der Waals surface area contributed by atoms with Crippen molar-refractivity contribution in [2.24, 2.45) is 11.1 Å². The van der Waals surface area contributed by atoms with E-state index in [9.17, 15) is 5.11 Å². The van der Waals surface area contributed by atoms with Gasteiger partial charge in [-0.15, -0.1) is 0 Å². The van der Waals surface area contributed by atoms with Crippen LogP contribution in [0.15, 0.2) is 22.2 Å². The fourth-order valence-electron chi connectivity index (χ4n) is 4.56. The smallest absolute Gasteiger partial charge is 0.153 e. The molecule has 1 atom stereocenters. The first kappa shape index (κ1) is 20.7. The predicted molar refractivity (Wildman–Crippen MR) is 116 cm³/mol.